The summed E-state index contributed by atoms with van der Waals surface area (Å²) in [5, 5.41) is 11.0. The van der Waals surface area contributed by atoms with Gasteiger partial charge in [0.2, 0.25) is 6.79 Å². The van der Waals surface area contributed by atoms with Crippen molar-refractivity contribution in [3.63, 3.8) is 0 Å². The highest BCUT2D eigenvalue weighted by Gasteiger charge is 2.46. The minimum absolute atomic E-state index is 0.0404. The second-order valence-electron chi connectivity index (χ2n) is 6.67. The van der Waals surface area contributed by atoms with E-state index in [2.05, 4.69) is 4.98 Å². The van der Waals surface area contributed by atoms with Crippen LogP contribution in [-0.2, 0) is 9.59 Å². The molecule has 4 rings (SSSR count). The molecule has 0 radical (unpaired) electrons. The molecule has 1 unspecified atom stereocenters. The average Bonchev–Trinajstić information content (AvgIpc) is 3.29. The fourth-order valence-electron chi connectivity index (χ4n) is 3.48. The molecule has 1 fully saturated rings. The molecule has 7 nitrogen and oxygen atoms in total. The largest absolute Gasteiger partial charge is 0.507 e. The van der Waals surface area contributed by atoms with E-state index in [9.17, 15) is 14.7 Å². The van der Waals surface area contributed by atoms with Gasteiger partial charge in [-0.1, -0.05) is 19.4 Å². The predicted molar refractivity (Wildman–Crippen MR) is 101 cm³/mol. The van der Waals surface area contributed by atoms with Crippen molar-refractivity contribution in [2.75, 3.05) is 13.3 Å². The Hall–Kier alpha value is -3.35. The number of hydrogen-bond acceptors (Lipinski definition) is 6. The molecule has 0 spiro atoms. The van der Waals surface area contributed by atoms with E-state index in [1.54, 1.807) is 42.6 Å². The Morgan fingerprint density at radius 1 is 1.21 bits per heavy atom. The Morgan fingerprint density at radius 3 is 2.79 bits per heavy atom. The molecule has 2 aromatic rings. The lowest BCUT2D eigenvalue weighted by molar-refractivity contribution is -0.140. The van der Waals surface area contributed by atoms with E-state index in [0.717, 1.165) is 12.8 Å². The van der Waals surface area contributed by atoms with Crippen molar-refractivity contribution in [3.05, 3.63) is 59.4 Å². The zero-order valence-electron chi connectivity index (χ0n) is 15.4. The number of benzene rings is 1. The van der Waals surface area contributed by atoms with Gasteiger partial charge in [-0.15, -0.1) is 0 Å². The standard InChI is InChI=1S/C21H20N2O5/c1-2-3-10-23-18(14-6-4-5-9-22-14)17(20(25)21(23)26)19(24)13-7-8-15-16(11-13)28-12-27-15/h4-9,11,18,24H,2-3,10,12H2,1H3/b19-17-. The van der Waals surface area contributed by atoms with Crippen LogP contribution in [0.4, 0.5) is 0 Å². The summed E-state index contributed by atoms with van der Waals surface area (Å²) in [4.78, 5) is 31.3. The number of ether oxygens (including phenoxy) is 2. The summed E-state index contributed by atoms with van der Waals surface area (Å²) in [6.07, 6.45) is 3.23. The molecule has 7 heteroatoms. The van der Waals surface area contributed by atoms with Crippen LogP contribution in [0.1, 0.15) is 37.1 Å². The maximum atomic E-state index is 12.8. The van der Waals surface area contributed by atoms with Crippen molar-refractivity contribution in [3.8, 4) is 11.5 Å². The molecule has 28 heavy (non-hydrogen) atoms. The van der Waals surface area contributed by atoms with E-state index in [-0.39, 0.29) is 18.1 Å². The second kappa shape index (κ2) is 7.34. The lowest BCUT2D eigenvalue weighted by Crippen LogP contribution is -2.31. The number of nitrogens with zero attached hydrogens (tertiary/aromatic N) is 2. The van der Waals surface area contributed by atoms with E-state index in [1.807, 2.05) is 6.92 Å². The van der Waals surface area contributed by atoms with Crippen LogP contribution in [0.3, 0.4) is 0 Å². The number of carbonyl (C=O) groups is 2. The number of likely N-dealkylation sites (tertiary alicyclic amines) is 1. The molecule has 1 saturated heterocycles. The minimum Gasteiger partial charge on any atom is -0.507 e. The third-order valence-electron chi connectivity index (χ3n) is 4.91. The quantitative estimate of drug-likeness (QED) is 0.487. The number of aliphatic hydroxyl groups excluding tert-OH is 1. The average molecular weight is 380 g/mol. The van der Waals surface area contributed by atoms with E-state index in [0.29, 0.717) is 29.3 Å². The Kier molecular flexibility index (Phi) is 4.73. The Bertz CT molecular complexity index is 955. The van der Waals surface area contributed by atoms with Crippen molar-refractivity contribution in [1.29, 1.82) is 0 Å². The molecule has 1 amide bonds. The summed E-state index contributed by atoms with van der Waals surface area (Å²) < 4.78 is 10.6. The van der Waals surface area contributed by atoms with Crippen LogP contribution in [0.15, 0.2) is 48.2 Å². The molecule has 1 atom stereocenters. The fourth-order valence-corrected chi connectivity index (χ4v) is 3.48. The molecule has 1 aromatic carbocycles. The number of aromatic nitrogens is 1. The number of hydrogen-bond donors (Lipinski definition) is 1. The Labute approximate surface area is 162 Å². The first-order chi connectivity index (χ1) is 13.6. The van der Waals surface area contributed by atoms with Crippen molar-refractivity contribution < 1.29 is 24.2 Å². The van der Waals surface area contributed by atoms with E-state index < -0.39 is 17.7 Å². The maximum absolute atomic E-state index is 12.8. The number of carbonyl (C=O) groups excluding carboxylic acids is 2. The van der Waals surface area contributed by atoms with Gasteiger partial charge in [0, 0.05) is 18.3 Å². The first-order valence-electron chi connectivity index (χ1n) is 9.21. The lowest BCUT2D eigenvalue weighted by Gasteiger charge is -2.24. The van der Waals surface area contributed by atoms with Gasteiger partial charge in [-0.25, -0.2) is 0 Å². The van der Waals surface area contributed by atoms with Gasteiger partial charge < -0.3 is 19.5 Å². The zero-order chi connectivity index (χ0) is 19.7. The molecule has 0 aliphatic carbocycles. The Morgan fingerprint density at radius 2 is 2.04 bits per heavy atom. The van der Waals surface area contributed by atoms with Crippen molar-refractivity contribution in [2.45, 2.75) is 25.8 Å². The summed E-state index contributed by atoms with van der Waals surface area (Å²) in [5.41, 5.74) is 0.970. The Balaban J connectivity index is 1.83. The van der Waals surface area contributed by atoms with Crippen molar-refractivity contribution >= 4 is 17.4 Å². The molecule has 0 saturated carbocycles. The first-order valence-corrected chi connectivity index (χ1v) is 9.21. The molecule has 1 aromatic heterocycles. The molecule has 2 aliphatic heterocycles. The summed E-state index contributed by atoms with van der Waals surface area (Å²) in [5.74, 6) is -0.514. The number of pyridine rings is 1. The molecular weight excluding hydrogens is 360 g/mol. The highest BCUT2D eigenvalue weighted by molar-refractivity contribution is 6.46. The highest BCUT2D eigenvalue weighted by atomic mass is 16.7. The smallest absolute Gasteiger partial charge is 0.295 e. The lowest BCUT2D eigenvalue weighted by atomic mass is 9.98. The van der Waals surface area contributed by atoms with E-state index in [1.165, 1.54) is 4.90 Å². The second-order valence-corrected chi connectivity index (χ2v) is 6.67. The minimum atomic E-state index is -0.724. The number of Topliss-reactive ketones (excluding diaryl/α,β-unsaturated/α-hetero) is 1. The van der Waals surface area contributed by atoms with E-state index >= 15 is 0 Å². The SMILES string of the molecule is CCCCN1C(=O)C(=O)/C(=C(\O)c2ccc3c(c2)OCO3)C1c1ccccn1. The van der Waals surface area contributed by atoms with Gasteiger partial charge in [0.25, 0.3) is 11.7 Å². The zero-order valence-corrected chi connectivity index (χ0v) is 15.4. The van der Waals surface area contributed by atoms with Crippen LogP contribution in [0, 0.1) is 0 Å². The van der Waals surface area contributed by atoms with Crippen LogP contribution < -0.4 is 9.47 Å². The predicted octanol–water partition coefficient (Wildman–Crippen LogP) is 3.03. The van der Waals surface area contributed by atoms with Gasteiger partial charge in [0.1, 0.15) is 11.8 Å². The molecule has 1 N–H and O–H groups in total. The maximum Gasteiger partial charge on any atom is 0.295 e. The summed E-state index contributed by atoms with van der Waals surface area (Å²) >= 11 is 0. The van der Waals surface area contributed by atoms with Gasteiger partial charge in [-0.2, -0.15) is 0 Å². The number of rotatable bonds is 5. The third kappa shape index (κ3) is 2.98. The number of aliphatic hydroxyl groups is 1. The number of unbranched alkanes of at least 4 members (excludes halogenated alkanes) is 1. The van der Waals surface area contributed by atoms with Crippen LogP contribution in [0.25, 0.3) is 5.76 Å². The third-order valence-corrected chi connectivity index (χ3v) is 4.91. The number of amides is 1. The van der Waals surface area contributed by atoms with Gasteiger partial charge >= 0.3 is 0 Å². The highest BCUT2D eigenvalue weighted by Crippen LogP contribution is 2.40. The number of ketones is 1. The molecule has 144 valence electrons. The van der Waals surface area contributed by atoms with Crippen LogP contribution >= 0.6 is 0 Å². The fraction of sp³-hybridized carbons (Fsp3) is 0.286. The molecule has 0 bridgehead atoms. The van der Waals surface area contributed by atoms with Crippen LogP contribution in [0.5, 0.6) is 11.5 Å². The van der Waals surface area contributed by atoms with Gasteiger partial charge in [-0.05, 0) is 36.8 Å². The van der Waals surface area contributed by atoms with Crippen molar-refractivity contribution in [1.82, 2.24) is 9.88 Å². The van der Waals surface area contributed by atoms with Gasteiger partial charge in [0.15, 0.2) is 11.5 Å². The molecule has 2 aliphatic rings. The topological polar surface area (TPSA) is 89.0 Å². The first kappa shape index (κ1) is 18.0. The summed E-state index contributed by atoms with van der Waals surface area (Å²) in [7, 11) is 0. The van der Waals surface area contributed by atoms with Crippen molar-refractivity contribution in [2.24, 2.45) is 0 Å². The molecular formula is C21H20N2O5. The summed E-state index contributed by atoms with van der Waals surface area (Å²) in [6, 6.07) is 9.49. The van der Waals surface area contributed by atoms with Gasteiger partial charge in [-0.3, -0.25) is 14.6 Å². The normalized spacial score (nSPS) is 20.0. The summed E-state index contributed by atoms with van der Waals surface area (Å²) in [6.45, 7) is 2.54. The number of fused-ring (bicyclic) bond motifs is 1. The van der Waals surface area contributed by atoms with E-state index in [4.69, 9.17) is 9.47 Å². The van der Waals surface area contributed by atoms with Crippen LogP contribution in [0.2, 0.25) is 0 Å². The van der Waals surface area contributed by atoms with Gasteiger partial charge in [0.05, 0.1) is 11.3 Å². The van der Waals surface area contributed by atoms with Crippen LogP contribution in [-0.4, -0.2) is 40.0 Å². The monoisotopic (exact) mass is 380 g/mol. The molecule has 3 heterocycles.